The molecule has 10 aromatic carbocycles. The molecule has 3 unspecified atom stereocenters. The third-order valence-corrected chi connectivity index (χ3v) is 48.8. The maximum Gasteiger partial charge on any atom is 0.0906 e. The van der Waals surface area contributed by atoms with E-state index in [0.29, 0.717) is 34.0 Å². The summed E-state index contributed by atoms with van der Waals surface area (Å²) in [5.41, 5.74) is 16.3. The second-order valence-corrected chi connectivity index (χ2v) is 47.5. The second-order valence-electron chi connectivity index (χ2n) is 29.1. The Morgan fingerprint density at radius 1 is 0.307 bits per heavy atom. The van der Waals surface area contributed by atoms with Crippen LogP contribution in [0.15, 0.2) is 279 Å². The third kappa shape index (κ3) is 14.9. The molecule has 3 fully saturated rings. The molecular formula is C92H108N3P6-. The number of unbranched alkanes of at least 4 members (excludes halogenated alkanes) is 3. The van der Waals surface area contributed by atoms with E-state index in [4.69, 9.17) is 33.3 Å². The van der Waals surface area contributed by atoms with Gasteiger partial charge in [0.2, 0.25) is 0 Å². The summed E-state index contributed by atoms with van der Waals surface area (Å²) in [6.45, 7) is 40.2. The van der Waals surface area contributed by atoms with Crippen molar-refractivity contribution in [3.05, 3.63) is 368 Å². The number of rotatable bonds is 29. The van der Waals surface area contributed by atoms with Crippen LogP contribution in [0.3, 0.4) is 0 Å². The summed E-state index contributed by atoms with van der Waals surface area (Å²) in [6.07, 6.45) is 15.4. The number of benzene rings is 10. The van der Waals surface area contributed by atoms with E-state index in [1.165, 1.54) is 98.4 Å². The lowest BCUT2D eigenvalue weighted by Crippen LogP contribution is -2.37. The maximum absolute atomic E-state index is 5.60. The molecule has 0 aromatic heterocycles. The molecule has 0 spiro atoms. The summed E-state index contributed by atoms with van der Waals surface area (Å²) in [6, 6.07) is 107. The van der Waals surface area contributed by atoms with Gasteiger partial charge in [-0.05, 0) is 181 Å². The highest BCUT2D eigenvalue weighted by Crippen LogP contribution is 2.93. The van der Waals surface area contributed by atoms with Crippen LogP contribution < -0.4 is 21.2 Å². The van der Waals surface area contributed by atoms with E-state index < -0.39 is 37.1 Å². The second kappa shape index (κ2) is 33.4. The van der Waals surface area contributed by atoms with Gasteiger partial charge in [0.25, 0.3) is 0 Å². The fourth-order valence-electron chi connectivity index (χ4n) is 17.9. The van der Waals surface area contributed by atoms with E-state index in [2.05, 4.69) is 320 Å². The first-order chi connectivity index (χ1) is 49.3. The van der Waals surface area contributed by atoms with Gasteiger partial charge < -0.3 is 13.2 Å². The summed E-state index contributed by atoms with van der Waals surface area (Å²) in [7, 11) is -9.86. The molecule has 3 nitrogen and oxygen atoms in total. The van der Waals surface area contributed by atoms with Crippen LogP contribution in [0.25, 0.3) is 0 Å². The maximum atomic E-state index is 5.60. The van der Waals surface area contributed by atoms with Crippen molar-refractivity contribution in [1.29, 1.82) is 0 Å². The SMILES string of the molecule is [CH2-][P+](c1ccccc1)(c1ccc(Cc2ccc([C@@H]3CC[C@@H](c4ccc(Cc5ccc([P+]([CH2-])(c6ccccc6)N(CCCC)[P+]6([CH2-])[C@H](c7ccccc7)CC[C@H]6c6ccccc6)cc5)cc4)[P+]3([CH2-])N(CCCC)[P-]C)cc2)cc1)N(CCCC)[P+]1([CH2-])[C@@H](c2ccccc2)CC[C@@H]1c1ccccc1. The fourth-order valence-corrected chi connectivity index (χ4v) is 45.3. The minimum atomic E-state index is -2.42. The topological polar surface area (TPSA) is 9.72 Å². The van der Waals surface area contributed by atoms with Crippen LogP contribution >= 0.6 is 45.8 Å². The largest absolute Gasteiger partial charge is 0.420 e. The third-order valence-electron chi connectivity index (χ3n) is 23.2. The van der Waals surface area contributed by atoms with Crippen molar-refractivity contribution in [3.8, 4) is 0 Å². The van der Waals surface area contributed by atoms with Gasteiger partial charge in [-0.2, -0.15) is 26.7 Å². The molecular weight excluding hydrogens is 1330 g/mol. The first kappa shape index (κ1) is 74.0. The van der Waals surface area contributed by atoms with Crippen LogP contribution in [0.4, 0.5) is 0 Å². The number of nitrogens with zero attached hydrogens (tertiary/aromatic N) is 3. The monoisotopic (exact) mass is 1440 g/mol. The summed E-state index contributed by atoms with van der Waals surface area (Å²) in [4.78, 5) is 0. The molecule has 10 aromatic rings. The Hall–Kier alpha value is -5.34. The summed E-state index contributed by atoms with van der Waals surface area (Å²) in [5, 5.41) is 5.37. The molecule has 0 saturated carbocycles. The molecule has 522 valence electrons. The predicted octanol–water partition coefficient (Wildman–Crippen LogP) is 26.3. The van der Waals surface area contributed by atoms with Gasteiger partial charge >= 0.3 is 0 Å². The Kier molecular flexibility index (Phi) is 24.5. The van der Waals surface area contributed by atoms with Crippen molar-refractivity contribution in [2.75, 3.05) is 26.3 Å². The summed E-state index contributed by atoms with van der Waals surface area (Å²) < 4.78 is 8.79. The van der Waals surface area contributed by atoms with Gasteiger partial charge in [-0.15, -0.1) is 22.2 Å². The Bertz CT molecular complexity index is 3830. The first-order valence-electron chi connectivity index (χ1n) is 37.6. The van der Waals surface area contributed by atoms with Gasteiger partial charge in [0.1, 0.15) is 0 Å². The average molecular weight is 1440 g/mol. The fraction of sp³-hybridized carbons (Fsp3) is 0.293. The first-order valence-corrected chi connectivity index (χ1v) is 48.9. The van der Waals surface area contributed by atoms with Gasteiger partial charge in [-0.1, -0.05) is 278 Å². The van der Waals surface area contributed by atoms with Gasteiger partial charge in [0, 0.05) is 14.8 Å². The molecule has 3 saturated heterocycles. The molecule has 0 aliphatic carbocycles. The minimum Gasteiger partial charge on any atom is -0.420 e. The molecule has 3 aliphatic rings. The van der Waals surface area contributed by atoms with Crippen molar-refractivity contribution in [2.45, 2.75) is 145 Å². The molecule has 13 rings (SSSR count). The van der Waals surface area contributed by atoms with Crippen molar-refractivity contribution >= 4 is 67.0 Å². The van der Waals surface area contributed by atoms with E-state index in [-0.39, 0.29) is 0 Å². The van der Waals surface area contributed by atoms with Crippen LogP contribution in [0.5, 0.6) is 0 Å². The molecule has 3 aliphatic heterocycles. The smallest absolute Gasteiger partial charge is 0.0906 e. The molecule has 0 radical (unpaired) electrons. The lowest BCUT2D eigenvalue weighted by atomic mass is 9.99. The quantitative estimate of drug-likeness (QED) is 0.0342. The molecule has 9 atom stereocenters. The molecule has 0 bridgehead atoms. The van der Waals surface area contributed by atoms with Crippen LogP contribution in [0.2, 0.25) is 0 Å². The predicted molar refractivity (Wildman–Crippen MR) is 452 cm³/mol. The van der Waals surface area contributed by atoms with Crippen LogP contribution in [-0.2, 0) is 12.8 Å². The lowest BCUT2D eigenvalue weighted by molar-refractivity contribution is 0.620. The molecule has 0 N–H and O–H groups in total. The molecule has 3 heterocycles. The highest BCUT2D eigenvalue weighted by atomic mass is 31.3. The van der Waals surface area contributed by atoms with Gasteiger partial charge in [-0.3, -0.25) is 0 Å². The van der Waals surface area contributed by atoms with Crippen LogP contribution in [0.1, 0.15) is 187 Å². The van der Waals surface area contributed by atoms with Crippen LogP contribution in [0, 0.1) is 33.3 Å². The highest BCUT2D eigenvalue weighted by Gasteiger charge is 2.62. The molecule has 101 heavy (non-hydrogen) atoms. The zero-order valence-corrected chi connectivity index (χ0v) is 66.0. The van der Waals surface area contributed by atoms with E-state index in [9.17, 15) is 0 Å². The Labute approximate surface area is 615 Å². The van der Waals surface area contributed by atoms with Gasteiger partial charge in [0.15, 0.2) is 0 Å². The van der Waals surface area contributed by atoms with Crippen LogP contribution in [-0.4, -0.2) is 39.6 Å². The minimum absolute atomic E-state index is 0.364. The lowest BCUT2D eigenvalue weighted by Gasteiger charge is -2.53. The number of hydrogen-bond donors (Lipinski definition) is 0. The summed E-state index contributed by atoms with van der Waals surface area (Å²) >= 11 is 0. The normalized spacial score (nSPS) is 22.3. The number of hydrogen-bond acceptors (Lipinski definition) is 3. The van der Waals surface area contributed by atoms with E-state index in [0.717, 1.165) is 96.7 Å². The van der Waals surface area contributed by atoms with Crippen molar-refractivity contribution < 1.29 is 0 Å². The van der Waals surface area contributed by atoms with Gasteiger partial charge in [-0.25, -0.2) is 0 Å². The standard InChI is InChI=1S/C92H108N3P6/c1-10-13-68-93(96-4)99(7)87(81-54-46-73(47-55-81)71-75-50-58-85(59-51-75)97(5,83-42-30-20-31-43-83)94(69-14-11-2)100(8)89(77-34-22-16-23-35-77)64-65-90(100)78-36-24-17-25-37-78)62-63-88(99)82-56-48-74(49-57-82)72-76-52-60-86(61-53-76)98(6,84-44-32-21-33-45-84)95(70-15-12-3)101(9)91(79-38-26-18-27-39-79)66-67-92(101)80-40-28-19-29-41-80/h16-61,87-92H,5-15,62-72H2,1-4H3/q-1/t87-,88-,89-,90-,91+,92+,97?,98?,99?/m0/s1. The Balaban J connectivity index is 0.749. The Morgan fingerprint density at radius 2 is 0.535 bits per heavy atom. The van der Waals surface area contributed by atoms with Gasteiger partial charge in [0.05, 0.1) is 83.1 Å². The molecule has 0 amide bonds. The Morgan fingerprint density at radius 3 is 0.802 bits per heavy atom. The van der Waals surface area contributed by atoms with Crippen molar-refractivity contribution in [2.24, 2.45) is 0 Å². The highest BCUT2D eigenvalue weighted by molar-refractivity contribution is 7.98. The molecule has 9 heteroatoms. The average Bonchev–Trinajstić information content (AvgIpc) is 1.68. The van der Waals surface area contributed by atoms with E-state index in [1.807, 2.05) is 0 Å². The van der Waals surface area contributed by atoms with Crippen molar-refractivity contribution in [1.82, 2.24) is 13.3 Å². The zero-order valence-electron chi connectivity index (χ0n) is 60.6. The zero-order chi connectivity index (χ0) is 70.0. The van der Waals surface area contributed by atoms with E-state index >= 15 is 0 Å². The van der Waals surface area contributed by atoms with Crippen molar-refractivity contribution in [3.63, 3.8) is 0 Å². The summed E-state index contributed by atoms with van der Waals surface area (Å²) in [5.74, 6) is 0. The van der Waals surface area contributed by atoms with E-state index in [1.54, 1.807) is 0 Å².